The number of rotatable bonds is 10. The highest BCUT2D eigenvalue weighted by Gasteiger charge is 2.27. The summed E-state index contributed by atoms with van der Waals surface area (Å²) in [6.07, 6.45) is 7.55. The highest BCUT2D eigenvalue weighted by molar-refractivity contribution is 6.36. The third-order valence-corrected chi connectivity index (χ3v) is 5.58. The smallest absolute Gasteiger partial charge is 0.503 e. The summed E-state index contributed by atoms with van der Waals surface area (Å²) in [4.78, 5) is 22.5. The number of allylic oxidation sites excluding steroid dienone is 1. The van der Waals surface area contributed by atoms with E-state index in [4.69, 9.17) is 4.65 Å². The maximum atomic E-state index is 13.3. The zero-order chi connectivity index (χ0) is 22.5. The zero-order valence-corrected chi connectivity index (χ0v) is 18.4. The van der Waals surface area contributed by atoms with E-state index >= 15 is 0 Å². The number of carbonyl (C=O) groups excluding carboxylic acids is 1. The van der Waals surface area contributed by atoms with Gasteiger partial charge in [-0.2, -0.15) is 0 Å². The number of hydrogen-bond donors (Lipinski definition) is 3. The fourth-order valence-corrected chi connectivity index (χ4v) is 4.17. The van der Waals surface area contributed by atoms with Gasteiger partial charge >= 0.3 is 7.47 Å². The van der Waals surface area contributed by atoms with Gasteiger partial charge in [-0.05, 0) is 60.1 Å². The Morgan fingerprint density at radius 3 is 2.26 bits per heavy atom. The Morgan fingerprint density at radius 2 is 1.71 bits per heavy atom. The van der Waals surface area contributed by atoms with Crippen LogP contribution in [-0.4, -0.2) is 28.2 Å². The molecule has 0 atom stereocenters. The quantitative estimate of drug-likeness (QED) is 0.167. The number of aryl methyl sites for hydroxylation is 1. The molecule has 3 N–H and O–H groups in total. The molecule has 0 bridgehead atoms. The molecule has 0 spiro atoms. The number of aromatic nitrogens is 3. The van der Waals surface area contributed by atoms with Gasteiger partial charge in [0.1, 0.15) is 5.76 Å². The summed E-state index contributed by atoms with van der Waals surface area (Å²) in [6, 6.07) is 3.79. The van der Waals surface area contributed by atoms with Crippen molar-refractivity contribution < 1.29 is 18.1 Å². The first-order chi connectivity index (χ1) is 14.9. The number of halogens is 2. The van der Waals surface area contributed by atoms with Gasteiger partial charge in [-0.25, -0.2) is 8.63 Å². The Hall–Kier alpha value is -3.03. The predicted octanol–water partition coefficient (Wildman–Crippen LogP) is 5.75. The second-order valence-corrected chi connectivity index (χ2v) is 7.25. The summed E-state index contributed by atoms with van der Waals surface area (Å²) in [6.45, 7) is 7.95. The molecule has 0 aliphatic carbocycles. The minimum absolute atomic E-state index is 0.154. The van der Waals surface area contributed by atoms with Crippen LogP contribution in [0.1, 0.15) is 66.1 Å². The molecule has 0 radical (unpaired) electrons. The summed E-state index contributed by atoms with van der Waals surface area (Å²) in [5.41, 5.74) is 6.33. The van der Waals surface area contributed by atoms with E-state index in [1.54, 1.807) is 12.4 Å². The first kappa shape index (κ1) is 22.7. The molecule has 164 valence electrons. The van der Waals surface area contributed by atoms with E-state index < -0.39 is 7.47 Å². The number of nitrogens with one attached hydrogen (secondary N) is 3. The third kappa shape index (κ3) is 4.53. The van der Waals surface area contributed by atoms with E-state index in [1.807, 2.05) is 39.8 Å². The van der Waals surface area contributed by atoms with E-state index in [0.29, 0.717) is 30.7 Å². The normalized spacial score (nSPS) is 11.7. The lowest BCUT2D eigenvalue weighted by molar-refractivity contribution is 0.104. The minimum atomic E-state index is -3.05. The molecule has 0 amide bonds. The van der Waals surface area contributed by atoms with Crippen LogP contribution in [0.15, 0.2) is 30.6 Å². The van der Waals surface area contributed by atoms with Crippen LogP contribution in [-0.2, 0) is 30.3 Å². The lowest BCUT2D eigenvalue weighted by Crippen LogP contribution is -2.09. The van der Waals surface area contributed by atoms with Crippen LogP contribution in [0.2, 0.25) is 0 Å². The largest absolute Gasteiger partial charge is 0.796 e. The molecule has 31 heavy (non-hydrogen) atoms. The number of H-pyrrole nitrogens is 3. The van der Waals surface area contributed by atoms with E-state index in [0.717, 1.165) is 40.1 Å². The van der Waals surface area contributed by atoms with Crippen LogP contribution in [0, 0.1) is 0 Å². The van der Waals surface area contributed by atoms with Gasteiger partial charge in [0.2, 0.25) is 5.78 Å². The van der Waals surface area contributed by atoms with Crippen molar-refractivity contribution in [1.29, 1.82) is 0 Å². The summed E-state index contributed by atoms with van der Waals surface area (Å²) in [5.74, 6) is -0.539. The van der Waals surface area contributed by atoms with Crippen molar-refractivity contribution in [2.75, 3.05) is 0 Å². The van der Waals surface area contributed by atoms with E-state index in [-0.39, 0.29) is 11.5 Å². The molecule has 0 fully saturated rings. The molecule has 0 unspecified atom stereocenters. The van der Waals surface area contributed by atoms with E-state index in [1.165, 1.54) is 6.08 Å². The molecule has 5 nitrogen and oxygen atoms in total. The van der Waals surface area contributed by atoms with Crippen LogP contribution in [0.3, 0.4) is 0 Å². The molecule has 3 aromatic heterocycles. The highest BCUT2D eigenvalue weighted by Crippen LogP contribution is 2.33. The van der Waals surface area contributed by atoms with Crippen LogP contribution < -0.4 is 0 Å². The first-order valence-corrected chi connectivity index (χ1v) is 10.7. The van der Waals surface area contributed by atoms with Gasteiger partial charge in [0.25, 0.3) is 0 Å². The zero-order valence-electron chi connectivity index (χ0n) is 18.4. The first-order valence-electron chi connectivity index (χ1n) is 10.7. The Bertz CT molecular complexity index is 1070. The Morgan fingerprint density at radius 1 is 1.00 bits per heavy atom. The molecule has 0 saturated heterocycles. The standard InChI is InChI=1S/C23H28BF2N3O2/c1-5-14-13-28-22(15(14)6-2)19(30)12-20(31-24(25)26)23-17(8-4)16(7-3)21(29-23)18-10-9-11-27-18/h9-13,27-29H,5-8H2,1-4H3/b20-12-. The summed E-state index contributed by atoms with van der Waals surface area (Å²) >= 11 is 0. The van der Waals surface area contributed by atoms with Crippen LogP contribution in [0.25, 0.3) is 17.1 Å². The fraction of sp³-hybridized carbons (Fsp3) is 0.348. The Balaban J connectivity index is 2.13. The van der Waals surface area contributed by atoms with Gasteiger partial charge in [0.15, 0.2) is 0 Å². The van der Waals surface area contributed by atoms with Crippen LogP contribution in [0.5, 0.6) is 0 Å². The molecule has 0 aliphatic heterocycles. The van der Waals surface area contributed by atoms with E-state index in [2.05, 4.69) is 15.0 Å². The highest BCUT2D eigenvalue weighted by atomic mass is 19.2. The maximum Gasteiger partial charge on any atom is 0.796 e. The summed E-state index contributed by atoms with van der Waals surface area (Å²) in [7, 11) is -3.05. The van der Waals surface area contributed by atoms with Gasteiger partial charge in [-0.3, -0.25) is 4.79 Å². The van der Waals surface area contributed by atoms with E-state index in [9.17, 15) is 13.4 Å². The fourth-order valence-electron chi connectivity index (χ4n) is 4.17. The number of hydrogen-bond acceptors (Lipinski definition) is 2. The van der Waals surface area contributed by atoms with Crippen molar-refractivity contribution in [3.63, 3.8) is 0 Å². The number of aromatic amines is 3. The molecule has 0 aliphatic rings. The molecule has 3 aromatic rings. The molecule has 8 heteroatoms. The molecule has 0 saturated carbocycles. The Labute approximate surface area is 181 Å². The van der Waals surface area contributed by atoms with Gasteiger partial charge in [-0.15, -0.1) is 0 Å². The van der Waals surface area contributed by atoms with Crippen molar-refractivity contribution in [2.45, 2.75) is 53.4 Å². The molecule has 0 aromatic carbocycles. The Kier molecular flexibility index (Phi) is 7.20. The predicted molar refractivity (Wildman–Crippen MR) is 120 cm³/mol. The summed E-state index contributed by atoms with van der Waals surface area (Å²) in [5, 5.41) is 0. The minimum Gasteiger partial charge on any atom is -0.503 e. The van der Waals surface area contributed by atoms with Crippen LogP contribution in [0.4, 0.5) is 8.63 Å². The van der Waals surface area contributed by atoms with Crippen molar-refractivity contribution in [3.05, 3.63) is 64.2 Å². The van der Waals surface area contributed by atoms with Gasteiger partial charge < -0.3 is 19.6 Å². The number of ketones is 1. The lowest BCUT2D eigenvalue weighted by atomic mass is 10.0. The average Bonchev–Trinajstić information content (AvgIpc) is 3.49. The van der Waals surface area contributed by atoms with Crippen LogP contribution >= 0.6 is 0 Å². The SMILES string of the molecule is CCc1c[nH]c(C(=O)/C=C(\OB(F)F)c2[nH]c(-c3ccc[nH]3)c(CC)c2CC)c1CC. The van der Waals surface area contributed by atoms with Gasteiger partial charge in [0.05, 0.1) is 22.8 Å². The molecule has 3 heterocycles. The van der Waals surface area contributed by atoms with Gasteiger partial charge in [0, 0.05) is 18.5 Å². The van der Waals surface area contributed by atoms with Crippen molar-refractivity contribution in [1.82, 2.24) is 15.0 Å². The number of carbonyl (C=O) groups is 1. The van der Waals surface area contributed by atoms with Gasteiger partial charge in [-0.1, -0.05) is 27.7 Å². The monoisotopic (exact) mass is 427 g/mol. The maximum absolute atomic E-state index is 13.3. The average molecular weight is 427 g/mol. The molecular formula is C23H28BF2N3O2. The second kappa shape index (κ2) is 9.85. The summed E-state index contributed by atoms with van der Waals surface area (Å²) < 4.78 is 31.5. The van der Waals surface area contributed by atoms with Crippen molar-refractivity contribution >= 4 is 19.0 Å². The second-order valence-electron chi connectivity index (χ2n) is 7.25. The topological polar surface area (TPSA) is 73.7 Å². The van der Waals surface area contributed by atoms with Crippen molar-refractivity contribution in [2.24, 2.45) is 0 Å². The third-order valence-electron chi connectivity index (χ3n) is 5.58. The molecule has 3 rings (SSSR count). The lowest BCUT2D eigenvalue weighted by Gasteiger charge is -2.10. The molecular weight excluding hydrogens is 399 g/mol. The van der Waals surface area contributed by atoms with Crippen molar-refractivity contribution in [3.8, 4) is 11.4 Å².